The van der Waals surface area contributed by atoms with E-state index in [9.17, 15) is 4.79 Å². The summed E-state index contributed by atoms with van der Waals surface area (Å²) in [6, 6.07) is 7.35. The van der Waals surface area contributed by atoms with Crippen LogP contribution in [0, 0.1) is 11.3 Å². The van der Waals surface area contributed by atoms with Gasteiger partial charge in [0.25, 0.3) is 0 Å². The fraction of sp³-hybridized carbons (Fsp3) is 0.529. The van der Waals surface area contributed by atoms with E-state index in [1.54, 1.807) is 18.2 Å². The lowest BCUT2D eigenvalue weighted by atomic mass is 9.75. The lowest BCUT2D eigenvalue weighted by Crippen LogP contribution is -2.41. The lowest BCUT2D eigenvalue weighted by molar-refractivity contribution is 0.00578. The van der Waals surface area contributed by atoms with Crippen LogP contribution in [-0.4, -0.2) is 31.2 Å². The highest BCUT2D eigenvalue weighted by atomic mass is 16.7. The molecule has 0 N–H and O–H groups in total. The second kappa shape index (κ2) is 6.73. The molecule has 1 aromatic carbocycles. The molecule has 2 rings (SSSR count). The summed E-state index contributed by atoms with van der Waals surface area (Å²) in [5.41, 5.74) is 0.108. The largest absolute Gasteiger partial charge is 0.499 e. The number of rotatable bonds is 6. The number of benzene rings is 1. The van der Waals surface area contributed by atoms with Crippen LogP contribution in [0.2, 0.25) is 0 Å². The zero-order valence-corrected chi connectivity index (χ0v) is 14.1. The van der Waals surface area contributed by atoms with Crippen LogP contribution in [0.3, 0.4) is 0 Å². The Morgan fingerprint density at radius 2 is 1.91 bits per heavy atom. The standard InChI is InChI=1S/C17H22BNO4/c1-16(2)17(3,4)23-18(22-16)15-13(12-20)8-7-9-14(15)21-11-6-5-10-19/h7-9,12H,5-6,11H2,1-4H3. The van der Waals surface area contributed by atoms with E-state index in [1.807, 2.05) is 27.7 Å². The van der Waals surface area contributed by atoms with Crippen molar-refractivity contribution >= 4 is 18.9 Å². The van der Waals surface area contributed by atoms with Crippen molar-refractivity contribution in [3.8, 4) is 11.8 Å². The molecule has 0 amide bonds. The summed E-state index contributed by atoms with van der Waals surface area (Å²) in [5, 5.41) is 8.60. The van der Waals surface area contributed by atoms with E-state index in [2.05, 4.69) is 6.07 Å². The van der Waals surface area contributed by atoms with Crippen LogP contribution in [0.1, 0.15) is 50.9 Å². The highest BCUT2D eigenvalue weighted by Crippen LogP contribution is 2.37. The van der Waals surface area contributed by atoms with E-state index < -0.39 is 18.3 Å². The Morgan fingerprint density at radius 3 is 2.48 bits per heavy atom. The monoisotopic (exact) mass is 315 g/mol. The van der Waals surface area contributed by atoms with Gasteiger partial charge in [-0.2, -0.15) is 5.26 Å². The highest BCUT2D eigenvalue weighted by Gasteiger charge is 2.53. The number of hydrogen-bond acceptors (Lipinski definition) is 5. The first-order chi connectivity index (χ1) is 10.8. The van der Waals surface area contributed by atoms with E-state index in [0.717, 1.165) is 6.29 Å². The third-order valence-electron chi connectivity index (χ3n) is 4.41. The topological polar surface area (TPSA) is 68.5 Å². The second-order valence-electron chi connectivity index (χ2n) is 6.58. The Balaban J connectivity index is 2.30. The number of nitrogens with zero attached hydrogens (tertiary/aromatic N) is 1. The van der Waals surface area contributed by atoms with Crippen LogP contribution >= 0.6 is 0 Å². The molecule has 1 aliphatic heterocycles. The third kappa shape index (κ3) is 3.57. The molecule has 0 aromatic heterocycles. The van der Waals surface area contributed by atoms with Gasteiger partial charge >= 0.3 is 7.12 Å². The van der Waals surface area contributed by atoms with Crippen molar-refractivity contribution in [1.29, 1.82) is 5.26 Å². The summed E-state index contributed by atoms with van der Waals surface area (Å²) in [4.78, 5) is 11.4. The molecule has 0 bridgehead atoms. The molecule has 1 aromatic rings. The maximum Gasteiger partial charge on any atom is 0.499 e. The molecule has 0 saturated carbocycles. The van der Waals surface area contributed by atoms with Crippen molar-refractivity contribution in [2.75, 3.05) is 6.61 Å². The minimum absolute atomic E-state index is 0.405. The van der Waals surface area contributed by atoms with Crippen molar-refractivity contribution in [2.45, 2.75) is 51.7 Å². The average Bonchev–Trinajstić information content (AvgIpc) is 2.71. The molecule has 1 fully saturated rings. The number of unbranched alkanes of at least 4 members (excludes halogenated alkanes) is 1. The molecule has 1 saturated heterocycles. The van der Waals surface area contributed by atoms with Crippen LogP contribution < -0.4 is 10.2 Å². The normalized spacial score (nSPS) is 18.5. The van der Waals surface area contributed by atoms with Gasteiger partial charge in [-0.1, -0.05) is 12.1 Å². The minimum Gasteiger partial charge on any atom is -0.494 e. The summed E-state index contributed by atoms with van der Waals surface area (Å²) < 4.78 is 17.9. The van der Waals surface area contributed by atoms with E-state index in [1.165, 1.54) is 0 Å². The molecular weight excluding hydrogens is 293 g/mol. The quantitative estimate of drug-likeness (QED) is 0.458. The first-order valence-corrected chi connectivity index (χ1v) is 7.76. The zero-order valence-electron chi connectivity index (χ0n) is 14.1. The Labute approximate surface area is 137 Å². The fourth-order valence-electron chi connectivity index (χ4n) is 2.34. The van der Waals surface area contributed by atoms with Crippen LogP contribution in [0.5, 0.6) is 5.75 Å². The summed E-state index contributed by atoms with van der Waals surface area (Å²) in [6.45, 7) is 8.25. The molecule has 0 aliphatic carbocycles. The first kappa shape index (κ1) is 17.5. The van der Waals surface area contributed by atoms with Gasteiger partial charge in [0.1, 0.15) is 12.0 Å². The van der Waals surface area contributed by atoms with E-state index in [4.69, 9.17) is 19.3 Å². The lowest BCUT2D eigenvalue weighted by Gasteiger charge is -2.32. The Morgan fingerprint density at radius 1 is 1.26 bits per heavy atom. The molecule has 0 atom stereocenters. The Hall–Kier alpha value is -1.84. The molecule has 0 spiro atoms. The fourth-order valence-corrected chi connectivity index (χ4v) is 2.34. The summed E-state index contributed by atoms with van der Waals surface area (Å²) >= 11 is 0. The van der Waals surface area contributed by atoms with Gasteiger partial charge in [0.05, 0.1) is 23.9 Å². The van der Waals surface area contributed by atoms with E-state index in [-0.39, 0.29) is 0 Å². The predicted octanol–water partition coefficient (Wildman–Crippen LogP) is 2.48. The van der Waals surface area contributed by atoms with Crippen molar-refractivity contribution in [1.82, 2.24) is 0 Å². The van der Waals surface area contributed by atoms with Crippen LogP contribution in [0.4, 0.5) is 0 Å². The molecular formula is C17H22BNO4. The summed E-state index contributed by atoms with van der Waals surface area (Å²) in [6.07, 6.45) is 1.84. The van der Waals surface area contributed by atoms with Gasteiger partial charge in [-0.05, 0) is 40.2 Å². The van der Waals surface area contributed by atoms with Gasteiger partial charge in [-0.15, -0.1) is 0 Å². The summed E-state index contributed by atoms with van der Waals surface area (Å²) in [5.74, 6) is 0.561. The van der Waals surface area contributed by atoms with Gasteiger partial charge in [-0.3, -0.25) is 4.79 Å². The highest BCUT2D eigenvalue weighted by molar-refractivity contribution is 6.64. The second-order valence-corrected chi connectivity index (χ2v) is 6.58. The zero-order chi connectivity index (χ0) is 17.1. The smallest absolute Gasteiger partial charge is 0.494 e. The molecule has 6 heteroatoms. The van der Waals surface area contributed by atoms with Crippen molar-refractivity contribution in [2.24, 2.45) is 0 Å². The predicted molar refractivity (Wildman–Crippen MR) is 87.9 cm³/mol. The molecule has 5 nitrogen and oxygen atoms in total. The van der Waals surface area contributed by atoms with Crippen LogP contribution in [-0.2, 0) is 9.31 Å². The average molecular weight is 315 g/mol. The summed E-state index contributed by atoms with van der Waals surface area (Å²) in [7, 11) is -0.660. The van der Waals surface area contributed by atoms with Crippen molar-refractivity contribution in [3.05, 3.63) is 23.8 Å². The number of nitriles is 1. The Kier molecular flexibility index (Phi) is 5.13. The maximum absolute atomic E-state index is 11.4. The Bertz CT molecular complexity index is 606. The molecule has 1 aliphatic rings. The maximum atomic E-state index is 11.4. The number of carbonyl (C=O) groups excluding carboxylic acids is 1. The van der Waals surface area contributed by atoms with Gasteiger partial charge in [-0.25, -0.2) is 0 Å². The van der Waals surface area contributed by atoms with Gasteiger partial charge in [0.2, 0.25) is 0 Å². The van der Waals surface area contributed by atoms with Crippen LogP contribution in [0.15, 0.2) is 18.2 Å². The SMILES string of the molecule is CC1(C)OB(c2c(C=O)cccc2OCCCC#N)OC1(C)C. The number of aldehydes is 1. The van der Waals surface area contributed by atoms with E-state index >= 15 is 0 Å². The van der Waals surface area contributed by atoms with Gasteiger partial charge in [0.15, 0.2) is 0 Å². The molecule has 0 unspecified atom stereocenters. The number of ether oxygens (including phenoxy) is 1. The van der Waals surface area contributed by atoms with Crippen LogP contribution in [0.25, 0.3) is 0 Å². The molecule has 23 heavy (non-hydrogen) atoms. The van der Waals surface area contributed by atoms with Gasteiger partial charge in [0, 0.05) is 17.4 Å². The first-order valence-electron chi connectivity index (χ1n) is 7.76. The third-order valence-corrected chi connectivity index (χ3v) is 4.41. The van der Waals surface area contributed by atoms with E-state index in [0.29, 0.717) is 36.2 Å². The molecule has 1 heterocycles. The number of carbonyl (C=O) groups is 1. The molecule has 122 valence electrons. The minimum atomic E-state index is -0.660. The van der Waals surface area contributed by atoms with Crippen molar-refractivity contribution in [3.63, 3.8) is 0 Å². The molecule has 0 radical (unpaired) electrons. The van der Waals surface area contributed by atoms with Crippen molar-refractivity contribution < 1.29 is 18.8 Å². The van der Waals surface area contributed by atoms with Gasteiger partial charge < -0.3 is 14.0 Å². The number of hydrogen-bond donors (Lipinski definition) is 0.